The zero-order valence-electron chi connectivity index (χ0n) is 17.7. The Morgan fingerprint density at radius 2 is 1.72 bits per heavy atom. The molecule has 5 aromatic rings. The van der Waals surface area contributed by atoms with Crippen molar-refractivity contribution in [3.8, 4) is 17.2 Å². The van der Waals surface area contributed by atoms with Gasteiger partial charge in [-0.3, -0.25) is 9.36 Å². The van der Waals surface area contributed by atoms with E-state index in [4.69, 9.17) is 14.5 Å². The predicted molar refractivity (Wildman–Crippen MR) is 128 cm³/mol. The fourth-order valence-electron chi connectivity index (χ4n) is 3.86. The summed E-state index contributed by atoms with van der Waals surface area (Å²) in [4.78, 5) is 21.5. The molecule has 2 aromatic heterocycles. The van der Waals surface area contributed by atoms with Gasteiger partial charge in [0.2, 0.25) is 0 Å². The molecule has 0 aliphatic carbocycles. The third kappa shape index (κ3) is 3.32. The minimum atomic E-state index is -0.152. The van der Waals surface area contributed by atoms with Crippen molar-refractivity contribution in [3.05, 3.63) is 94.7 Å². The fraction of sp³-hybridized carbons (Fsp3) is 0.0769. The fourth-order valence-corrected chi connectivity index (χ4v) is 3.86. The van der Waals surface area contributed by atoms with E-state index in [2.05, 4.69) is 4.98 Å². The molecule has 0 amide bonds. The molecule has 3 aromatic carbocycles. The van der Waals surface area contributed by atoms with Crippen LogP contribution in [-0.2, 0) is 0 Å². The highest BCUT2D eigenvalue weighted by Gasteiger charge is 2.14. The van der Waals surface area contributed by atoms with Crippen LogP contribution in [-0.4, -0.2) is 28.8 Å². The first-order chi connectivity index (χ1) is 15.7. The molecule has 5 rings (SSSR count). The van der Waals surface area contributed by atoms with Gasteiger partial charge >= 0.3 is 0 Å². The summed E-state index contributed by atoms with van der Waals surface area (Å²) in [5.41, 5.74) is 3.09. The van der Waals surface area contributed by atoms with Gasteiger partial charge in [0.1, 0.15) is 17.3 Å². The second-order valence-electron chi connectivity index (χ2n) is 7.29. The Bertz CT molecular complexity index is 1530. The number of rotatable bonds is 5. The van der Waals surface area contributed by atoms with E-state index in [1.54, 1.807) is 24.9 Å². The summed E-state index contributed by atoms with van der Waals surface area (Å²) in [5, 5.41) is 1.57. The molecule has 6 nitrogen and oxygen atoms in total. The average Bonchev–Trinajstić information content (AvgIpc) is 3.25. The molecule has 0 unspecified atom stereocenters. The second kappa shape index (κ2) is 8.07. The van der Waals surface area contributed by atoms with Crippen LogP contribution in [0.3, 0.4) is 0 Å². The van der Waals surface area contributed by atoms with Crippen molar-refractivity contribution in [2.45, 2.75) is 0 Å². The molecule has 0 aliphatic heterocycles. The van der Waals surface area contributed by atoms with E-state index in [9.17, 15) is 4.79 Å². The van der Waals surface area contributed by atoms with Crippen molar-refractivity contribution in [1.29, 1.82) is 0 Å². The van der Waals surface area contributed by atoms with Gasteiger partial charge in [-0.1, -0.05) is 24.3 Å². The van der Waals surface area contributed by atoms with Gasteiger partial charge in [-0.2, -0.15) is 0 Å². The van der Waals surface area contributed by atoms with Crippen LogP contribution < -0.4 is 15.0 Å². The number of hydrogen-bond acceptors (Lipinski definition) is 4. The van der Waals surface area contributed by atoms with E-state index < -0.39 is 0 Å². The first kappa shape index (κ1) is 19.6. The standard InChI is InChI=1S/C26H21N3O3/c1-31-18-12-13-21-20(15-18)17(16-27-21)11-14-25-28-22-8-4-3-7-19(22)26(30)29(25)23-9-5-6-10-24(23)32-2/h3-16,27H,1-2H3/b14-11+. The molecular weight excluding hydrogens is 402 g/mol. The Balaban J connectivity index is 1.73. The molecule has 0 saturated heterocycles. The highest BCUT2D eigenvalue weighted by molar-refractivity contribution is 5.92. The molecule has 0 aliphatic rings. The Kier molecular flexibility index (Phi) is 4.95. The van der Waals surface area contributed by atoms with Crippen LogP contribution in [0, 0.1) is 0 Å². The molecular formula is C26H21N3O3. The van der Waals surface area contributed by atoms with Gasteiger partial charge in [0.15, 0.2) is 0 Å². The van der Waals surface area contributed by atoms with Gasteiger partial charge in [-0.25, -0.2) is 4.98 Å². The van der Waals surface area contributed by atoms with Crippen LogP contribution in [0.4, 0.5) is 0 Å². The van der Waals surface area contributed by atoms with Gasteiger partial charge < -0.3 is 14.5 Å². The number of aromatic nitrogens is 3. The quantitative estimate of drug-likeness (QED) is 0.429. The summed E-state index contributed by atoms with van der Waals surface area (Å²) in [7, 11) is 3.24. The van der Waals surface area contributed by atoms with Crippen molar-refractivity contribution in [2.75, 3.05) is 14.2 Å². The number of para-hydroxylation sites is 3. The normalized spacial score (nSPS) is 11.4. The lowest BCUT2D eigenvalue weighted by molar-refractivity contribution is 0.412. The largest absolute Gasteiger partial charge is 0.497 e. The maximum atomic E-state index is 13.5. The zero-order valence-corrected chi connectivity index (χ0v) is 17.7. The van der Waals surface area contributed by atoms with Crippen LogP contribution in [0.5, 0.6) is 11.5 Å². The maximum absolute atomic E-state index is 13.5. The number of hydrogen-bond donors (Lipinski definition) is 1. The first-order valence-corrected chi connectivity index (χ1v) is 10.2. The Labute approximate surface area is 184 Å². The molecule has 32 heavy (non-hydrogen) atoms. The highest BCUT2D eigenvalue weighted by Crippen LogP contribution is 2.26. The number of benzene rings is 3. The summed E-state index contributed by atoms with van der Waals surface area (Å²) in [6.45, 7) is 0. The minimum absolute atomic E-state index is 0.152. The smallest absolute Gasteiger partial charge is 0.266 e. The monoisotopic (exact) mass is 423 g/mol. The van der Waals surface area contributed by atoms with E-state index >= 15 is 0 Å². The molecule has 0 saturated carbocycles. The van der Waals surface area contributed by atoms with Crippen LogP contribution >= 0.6 is 0 Å². The third-order valence-electron chi connectivity index (χ3n) is 5.46. The third-order valence-corrected chi connectivity index (χ3v) is 5.46. The molecule has 6 heteroatoms. The molecule has 158 valence electrons. The number of H-pyrrole nitrogens is 1. The molecule has 0 fully saturated rings. The van der Waals surface area contributed by atoms with Gasteiger partial charge in [0.05, 0.1) is 30.8 Å². The van der Waals surface area contributed by atoms with Gasteiger partial charge in [0.25, 0.3) is 5.56 Å². The van der Waals surface area contributed by atoms with Crippen molar-refractivity contribution in [2.24, 2.45) is 0 Å². The summed E-state index contributed by atoms with van der Waals surface area (Å²) >= 11 is 0. The minimum Gasteiger partial charge on any atom is -0.497 e. The number of aromatic amines is 1. The summed E-state index contributed by atoms with van der Waals surface area (Å²) in [6, 6.07) is 20.6. The summed E-state index contributed by atoms with van der Waals surface area (Å²) < 4.78 is 12.5. The average molecular weight is 423 g/mol. The Hall–Kier alpha value is -4.32. The Morgan fingerprint density at radius 1 is 0.906 bits per heavy atom. The van der Waals surface area contributed by atoms with E-state index in [-0.39, 0.29) is 5.56 Å². The van der Waals surface area contributed by atoms with E-state index in [1.165, 1.54) is 0 Å². The van der Waals surface area contributed by atoms with E-state index in [1.807, 2.05) is 79.0 Å². The maximum Gasteiger partial charge on any atom is 0.266 e. The lowest BCUT2D eigenvalue weighted by atomic mass is 10.1. The van der Waals surface area contributed by atoms with Crippen molar-refractivity contribution >= 4 is 34.0 Å². The lowest BCUT2D eigenvalue weighted by Gasteiger charge is -2.14. The van der Waals surface area contributed by atoms with E-state index in [0.717, 1.165) is 22.2 Å². The molecule has 0 radical (unpaired) electrons. The number of nitrogens with one attached hydrogen (secondary N) is 1. The molecule has 0 atom stereocenters. The SMILES string of the molecule is COc1ccc2[nH]cc(/C=C/c3nc4ccccc4c(=O)n3-c3ccccc3OC)c2c1. The Morgan fingerprint density at radius 3 is 2.56 bits per heavy atom. The van der Waals surface area contributed by atoms with Crippen LogP contribution in [0.15, 0.2) is 77.7 Å². The van der Waals surface area contributed by atoms with Gasteiger partial charge in [0, 0.05) is 22.7 Å². The lowest BCUT2D eigenvalue weighted by Crippen LogP contribution is -2.22. The van der Waals surface area contributed by atoms with Crippen molar-refractivity contribution in [1.82, 2.24) is 14.5 Å². The first-order valence-electron chi connectivity index (χ1n) is 10.2. The zero-order chi connectivity index (χ0) is 22.1. The molecule has 2 heterocycles. The summed E-state index contributed by atoms with van der Waals surface area (Å²) in [5.74, 6) is 1.88. The van der Waals surface area contributed by atoms with E-state index in [0.29, 0.717) is 28.2 Å². The number of nitrogens with zero attached hydrogens (tertiary/aromatic N) is 2. The predicted octanol–water partition coefficient (Wildman–Crippen LogP) is 5.05. The van der Waals surface area contributed by atoms with Crippen LogP contribution in [0.1, 0.15) is 11.4 Å². The molecule has 0 spiro atoms. The topological polar surface area (TPSA) is 69.1 Å². The number of fused-ring (bicyclic) bond motifs is 2. The van der Waals surface area contributed by atoms with Gasteiger partial charge in [-0.15, -0.1) is 0 Å². The molecule has 1 N–H and O–H groups in total. The van der Waals surface area contributed by atoms with Crippen LogP contribution in [0.25, 0.3) is 39.6 Å². The summed E-state index contributed by atoms with van der Waals surface area (Å²) in [6.07, 6.45) is 5.72. The number of ether oxygens (including phenoxy) is 2. The second-order valence-corrected chi connectivity index (χ2v) is 7.29. The van der Waals surface area contributed by atoms with Crippen molar-refractivity contribution < 1.29 is 9.47 Å². The molecule has 0 bridgehead atoms. The van der Waals surface area contributed by atoms with Gasteiger partial charge in [-0.05, 0) is 54.6 Å². The van der Waals surface area contributed by atoms with Crippen molar-refractivity contribution in [3.63, 3.8) is 0 Å². The highest BCUT2D eigenvalue weighted by atomic mass is 16.5. The van der Waals surface area contributed by atoms with Crippen LogP contribution in [0.2, 0.25) is 0 Å². The number of methoxy groups -OCH3 is 2.